The first-order valence-electron chi connectivity index (χ1n) is 9.14. The minimum absolute atomic E-state index is 0.167. The van der Waals surface area contributed by atoms with E-state index in [-0.39, 0.29) is 5.41 Å². The predicted molar refractivity (Wildman–Crippen MR) is 98.0 cm³/mol. The van der Waals surface area contributed by atoms with Crippen LogP contribution >= 0.6 is 0 Å². The fourth-order valence-electron chi connectivity index (χ4n) is 3.56. The molecule has 0 amide bonds. The van der Waals surface area contributed by atoms with E-state index in [1.807, 2.05) is 12.1 Å². The highest BCUT2D eigenvalue weighted by atomic mass is 16.3. The van der Waals surface area contributed by atoms with Crippen LogP contribution in [0, 0.1) is 11.8 Å². The highest BCUT2D eigenvalue weighted by Gasteiger charge is 2.37. The van der Waals surface area contributed by atoms with Gasteiger partial charge in [0.1, 0.15) is 5.75 Å². The SMILES string of the molecule is CC(C)CCNCCN1CC[C@](C)(c2cccc(O)c2)[C@@H](C)C1. The Morgan fingerprint density at radius 3 is 2.78 bits per heavy atom. The summed E-state index contributed by atoms with van der Waals surface area (Å²) in [6, 6.07) is 7.84. The van der Waals surface area contributed by atoms with Crippen LogP contribution in [0.25, 0.3) is 0 Å². The molecule has 3 nitrogen and oxygen atoms in total. The summed E-state index contributed by atoms with van der Waals surface area (Å²) in [5.41, 5.74) is 1.44. The molecule has 0 bridgehead atoms. The van der Waals surface area contributed by atoms with Crippen molar-refractivity contribution in [3.63, 3.8) is 0 Å². The van der Waals surface area contributed by atoms with Gasteiger partial charge in [-0.05, 0) is 60.9 Å². The van der Waals surface area contributed by atoms with Gasteiger partial charge < -0.3 is 15.3 Å². The normalized spacial score (nSPS) is 25.9. The Morgan fingerprint density at radius 2 is 2.13 bits per heavy atom. The van der Waals surface area contributed by atoms with Crippen molar-refractivity contribution in [2.75, 3.05) is 32.7 Å². The van der Waals surface area contributed by atoms with E-state index >= 15 is 0 Å². The lowest BCUT2D eigenvalue weighted by molar-refractivity contribution is 0.112. The Hall–Kier alpha value is -1.06. The van der Waals surface area contributed by atoms with Gasteiger partial charge in [0.25, 0.3) is 0 Å². The zero-order valence-corrected chi connectivity index (χ0v) is 15.3. The summed E-state index contributed by atoms with van der Waals surface area (Å²) < 4.78 is 0. The van der Waals surface area contributed by atoms with Crippen molar-refractivity contribution in [3.05, 3.63) is 29.8 Å². The van der Waals surface area contributed by atoms with E-state index in [2.05, 4.69) is 44.0 Å². The Morgan fingerprint density at radius 1 is 1.35 bits per heavy atom. The second-order valence-electron chi connectivity index (χ2n) is 7.85. The van der Waals surface area contributed by atoms with Crippen molar-refractivity contribution in [1.82, 2.24) is 10.2 Å². The summed E-state index contributed by atoms with van der Waals surface area (Å²) in [6.07, 6.45) is 2.41. The molecular weight excluding hydrogens is 284 g/mol. The van der Waals surface area contributed by atoms with Gasteiger partial charge >= 0.3 is 0 Å². The minimum Gasteiger partial charge on any atom is -0.508 e. The molecule has 2 N–H and O–H groups in total. The fraction of sp³-hybridized carbons (Fsp3) is 0.700. The molecule has 3 heteroatoms. The zero-order chi connectivity index (χ0) is 16.9. The number of nitrogens with zero attached hydrogens (tertiary/aromatic N) is 1. The average molecular weight is 319 g/mol. The molecule has 0 spiro atoms. The van der Waals surface area contributed by atoms with Gasteiger partial charge in [-0.15, -0.1) is 0 Å². The number of rotatable bonds is 7. The van der Waals surface area contributed by atoms with E-state index in [1.54, 1.807) is 6.07 Å². The topological polar surface area (TPSA) is 35.5 Å². The van der Waals surface area contributed by atoms with Gasteiger partial charge in [0.15, 0.2) is 0 Å². The van der Waals surface area contributed by atoms with Crippen LogP contribution in [0.3, 0.4) is 0 Å². The molecule has 1 aromatic carbocycles. The molecule has 0 radical (unpaired) electrons. The van der Waals surface area contributed by atoms with Crippen molar-refractivity contribution < 1.29 is 5.11 Å². The maximum atomic E-state index is 9.78. The van der Waals surface area contributed by atoms with Crippen molar-refractivity contribution in [1.29, 1.82) is 0 Å². The number of benzene rings is 1. The van der Waals surface area contributed by atoms with Gasteiger partial charge in [0, 0.05) is 19.6 Å². The summed E-state index contributed by atoms with van der Waals surface area (Å²) in [6.45, 7) is 14.9. The number of nitrogens with one attached hydrogen (secondary N) is 1. The molecule has 130 valence electrons. The lowest BCUT2D eigenvalue weighted by Gasteiger charge is -2.45. The Balaban J connectivity index is 1.82. The highest BCUT2D eigenvalue weighted by molar-refractivity contribution is 5.33. The number of phenolic OH excluding ortho intramolecular Hbond substituents is 1. The van der Waals surface area contributed by atoms with Crippen LogP contribution in [0.4, 0.5) is 0 Å². The van der Waals surface area contributed by atoms with E-state index < -0.39 is 0 Å². The van der Waals surface area contributed by atoms with Crippen molar-refractivity contribution in [2.24, 2.45) is 11.8 Å². The van der Waals surface area contributed by atoms with E-state index in [4.69, 9.17) is 0 Å². The number of piperidine rings is 1. The summed E-state index contributed by atoms with van der Waals surface area (Å²) in [7, 11) is 0. The molecule has 0 saturated carbocycles. The maximum Gasteiger partial charge on any atom is 0.115 e. The fourth-order valence-corrected chi connectivity index (χ4v) is 3.56. The Labute approximate surface area is 142 Å². The first-order valence-corrected chi connectivity index (χ1v) is 9.14. The molecule has 1 heterocycles. The van der Waals surface area contributed by atoms with Crippen LogP contribution in [-0.2, 0) is 5.41 Å². The zero-order valence-electron chi connectivity index (χ0n) is 15.3. The number of likely N-dealkylation sites (tertiary alicyclic amines) is 1. The van der Waals surface area contributed by atoms with E-state index in [0.717, 1.165) is 45.1 Å². The first-order chi connectivity index (χ1) is 10.9. The van der Waals surface area contributed by atoms with Gasteiger partial charge in [-0.1, -0.05) is 39.8 Å². The van der Waals surface area contributed by atoms with Crippen LogP contribution in [0.15, 0.2) is 24.3 Å². The Bertz CT molecular complexity index is 488. The van der Waals surface area contributed by atoms with Gasteiger partial charge in [0.05, 0.1) is 0 Å². The first kappa shape index (κ1) is 18.3. The summed E-state index contributed by atoms with van der Waals surface area (Å²) in [5.74, 6) is 1.75. The molecule has 2 atom stereocenters. The van der Waals surface area contributed by atoms with Crippen LogP contribution in [0.5, 0.6) is 5.75 Å². The third-order valence-corrected chi connectivity index (χ3v) is 5.58. The summed E-state index contributed by atoms with van der Waals surface area (Å²) in [5, 5.41) is 13.3. The molecule has 1 fully saturated rings. The average Bonchev–Trinajstić information content (AvgIpc) is 2.50. The monoisotopic (exact) mass is 318 g/mol. The molecule has 23 heavy (non-hydrogen) atoms. The third kappa shape index (κ3) is 4.95. The van der Waals surface area contributed by atoms with E-state index in [1.165, 1.54) is 12.0 Å². The van der Waals surface area contributed by atoms with Crippen LogP contribution in [-0.4, -0.2) is 42.7 Å². The maximum absolute atomic E-state index is 9.78. The van der Waals surface area contributed by atoms with Gasteiger partial charge in [-0.3, -0.25) is 0 Å². The molecular formula is C20H34N2O. The summed E-state index contributed by atoms with van der Waals surface area (Å²) >= 11 is 0. The lowest BCUT2D eigenvalue weighted by Crippen LogP contribution is -2.48. The molecule has 1 saturated heterocycles. The van der Waals surface area contributed by atoms with Crippen LogP contribution < -0.4 is 5.32 Å². The highest BCUT2D eigenvalue weighted by Crippen LogP contribution is 2.40. The van der Waals surface area contributed by atoms with Gasteiger partial charge in [0.2, 0.25) is 0 Å². The molecule has 2 rings (SSSR count). The molecule has 0 unspecified atom stereocenters. The minimum atomic E-state index is 0.167. The van der Waals surface area contributed by atoms with Crippen LogP contribution in [0.1, 0.15) is 46.1 Å². The van der Waals surface area contributed by atoms with Crippen molar-refractivity contribution in [2.45, 2.75) is 46.0 Å². The van der Waals surface area contributed by atoms with E-state index in [0.29, 0.717) is 11.7 Å². The predicted octanol–water partition coefficient (Wildman–Crippen LogP) is 3.63. The van der Waals surface area contributed by atoms with Crippen LogP contribution in [0.2, 0.25) is 0 Å². The third-order valence-electron chi connectivity index (χ3n) is 5.58. The molecule has 1 aliphatic heterocycles. The van der Waals surface area contributed by atoms with E-state index in [9.17, 15) is 5.11 Å². The molecule has 1 aliphatic rings. The standard InChI is InChI=1S/C20H34N2O/c1-16(2)8-10-21-11-13-22-12-9-20(4,17(3)15-22)18-6-5-7-19(23)14-18/h5-7,14,16-17,21,23H,8-13,15H2,1-4H3/t17-,20-/m0/s1. The lowest BCUT2D eigenvalue weighted by atomic mass is 9.68. The summed E-state index contributed by atoms with van der Waals surface area (Å²) in [4.78, 5) is 2.58. The van der Waals surface area contributed by atoms with Crippen molar-refractivity contribution in [3.8, 4) is 5.75 Å². The molecule has 0 aromatic heterocycles. The largest absolute Gasteiger partial charge is 0.508 e. The second kappa shape index (κ2) is 8.16. The van der Waals surface area contributed by atoms with Gasteiger partial charge in [-0.25, -0.2) is 0 Å². The number of hydrogen-bond acceptors (Lipinski definition) is 3. The quantitative estimate of drug-likeness (QED) is 0.754. The van der Waals surface area contributed by atoms with Crippen molar-refractivity contribution >= 4 is 0 Å². The molecule has 1 aromatic rings. The second-order valence-corrected chi connectivity index (χ2v) is 7.85. The number of hydrogen-bond donors (Lipinski definition) is 2. The molecule has 0 aliphatic carbocycles. The number of aromatic hydroxyl groups is 1. The Kier molecular flexibility index (Phi) is 6.49. The number of phenols is 1. The van der Waals surface area contributed by atoms with Gasteiger partial charge in [-0.2, -0.15) is 0 Å². The smallest absolute Gasteiger partial charge is 0.115 e.